The van der Waals surface area contributed by atoms with Crippen molar-refractivity contribution in [2.24, 2.45) is 0 Å². The van der Waals surface area contributed by atoms with Crippen LogP contribution in [0.2, 0.25) is 0 Å². The van der Waals surface area contributed by atoms with Gasteiger partial charge in [-0.15, -0.1) is 11.8 Å². The first kappa shape index (κ1) is 22.6. The van der Waals surface area contributed by atoms with Gasteiger partial charge < -0.3 is 19.8 Å². The second kappa shape index (κ2) is 10.8. The van der Waals surface area contributed by atoms with Crippen LogP contribution in [0.25, 0.3) is 10.9 Å². The molecule has 0 radical (unpaired) electrons. The predicted octanol–water partition coefficient (Wildman–Crippen LogP) is 3.37. The molecule has 31 heavy (non-hydrogen) atoms. The number of esters is 1. The number of carbonyl (C=O) groups excluding carboxylic acids is 3. The number of methoxy groups -OCH3 is 1. The molecule has 0 aliphatic rings. The number of Topliss-reactive ketones (excluding diaryl/α,β-unsaturated/α-hetero) is 1. The van der Waals surface area contributed by atoms with Crippen molar-refractivity contribution in [1.82, 2.24) is 10.3 Å². The summed E-state index contributed by atoms with van der Waals surface area (Å²) < 4.78 is 10.2. The van der Waals surface area contributed by atoms with Gasteiger partial charge in [0.15, 0.2) is 6.61 Å². The lowest BCUT2D eigenvalue weighted by atomic mass is 10.1. The van der Waals surface area contributed by atoms with Gasteiger partial charge in [-0.2, -0.15) is 0 Å². The van der Waals surface area contributed by atoms with Crippen molar-refractivity contribution in [3.05, 3.63) is 65.4 Å². The van der Waals surface area contributed by atoms with Crippen molar-refractivity contribution in [1.29, 1.82) is 0 Å². The number of ketones is 1. The average molecular weight is 441 g/mol. The summed E-state index contributed by atoms with van der Waals surface area (Å²) in [5, 5.41) is 3.53. The number of aromatic amines is 1. The van der Waals surface area contributed by atoms with Crippen LogP contribution in [-0.4, -0.2) is 55.3 Å². The highest BCUT2D eigenvalue weighted by molar-refractivity contribution is 8.00. The van der Waals surface area contributed by atoms with Crippen LogP contribution in [0.4, 0.5) is 0 Å². The number of H-pyrrole nitrogens is 1. The molecule has 1 amide bonds. The van der Waals surface area contributed by atoms with E-state index in [2.05, 4.69) is 10.3 Å². The number of nitrogens with one attached hydrogen (secondary N) is 2. The van der Waals surface area contributed by atoms with Gasteiger partial charge in [-0.25, -0.2) is 4.79 Å². The molecule has 2 N–H and O–H groups in total. The van der Waals surface area contributed by atoms with E-state index < -0.39 is 5.97 Å². The molecule has 0 unspecified atom stereocenters. The zero-order valence-corrected chi connectivity index (χ0v) is 18.2. The Bertz CT molecular complexity index is 1090. The molecule has 8 heteroatoms. The van der Waals surface area contributed by atoms with E-state index in [1.54, 1.807) is 31.4 Å². The number of carbonyl (C=O) groups is 3. The minimum Gasteiger partial charge on any atom is -0.454 e. The summed E-state index contributed by atoms with van der Waals surface area (Å²) in [4.78, 5) is 41.1. The van der Waals surface area contributed by atoms with E-state index in [0.717, 1.165) is 16.6 Å². The highest BCUT2D eigenvalue weighted by Gasteiger charge is 2.19. The molecule has 162 valence electrons. The quantitative estimate of drug-likeness (QED) is 0.217. The highest BCUT2D eigenvalue weighted by Crippen LogP contribution is 2.24. The lowest BCUT2D eigenvalue weighted by Crippen LogP contribution is -2.28. The van der Waals surface area contributed by atoms with Crippen LogP contribution in [0.5, 0.6) is 0 Å². The van der Waals surface area contributed by atoms with Gasteiger partial charge in [0.1, 0.15) is 0 Å². The Kier molecular flexibility index (Phi) is 7.86. The SMILES string of the molecule is COCCNC(=O)CSc1ccccc1C(=O)OCC(=O)c1c(C)[nH]c2ccccc12. The Labute approximate surface area is 184 Å². The standard InChI is InChI=1S/C23H24N2O5S/c1-15-22(16-7-3-5-9-18(16)25-15)19(26)13-30-23(28)17-8-4-6-10-20(17)31-14-21(27)24-11-12-29-2/h3-10,25H,11-14H2,1-2H3,(H,24,27). The van der Waals surface area contributed by atoms with E-state index in [0.29, 0.717) is 29.2 Å². The minimum absolute atomic E-state index is 0.154. The van der Waals surface area contributed by atoms with Crippen LogP contribution in [0.15, 0.2) is 53.4 Å². The molecule has 0 atom stereocenters. The van der Waals surface area contributed by atoms with E-state index in [1.807, 2.05) is 31.2 Å². The third kappa shape index (κ3) is 5.74. The maximum absolute atomic E-state index is 12.7. The van der Waals surface area contributed by atoms with E-state index in [-0.39, 0.29) is 24.1 Å². The van der Waals surface area contributed by atoms with Gasteiger partial charge in [0.25, 0.3) is 0 Å². The molecule has 0 fully saturated rings. The first-order valence-electron chi connectivity index (χ1n) is 9.76. The molecular formula is C23H24N2O5S. The van der Waals surface area contributed by atoms with Crippen LogP contribution in [-0.2, 0) is 14.3 Å². The molecule has 0 aliphatic carbocycles. The number of aromatic nitrogens is 1. The van der Waals surface area contributed by atoms with E-state index in [4.69, 9.17) is 9.47 Å². The Balaban J connectivity index is 1.62. The lowest BCUT2D eigenvalue weighted by molar-refractivity contribution is -0.118. The molecule has 7 nitrogen and oxygen atoms in total. The highest BCUT2D eigenvalue weighted by atomic mass is 32.2. The summed E-state index contributed by atoms with van der Waals surface area (Å²) in [5.74, 6) is -0.878. The van der Waals surface area contributed by atoms with Gasteiger partial charge >= 0.3 is 5.97 Å². The number of hydrogen-bond acceptors (Lipinski definition) is 6. The van der Waals surface area contributed by atoms with Crippen LogP contribution in [0, 0.1) is 6.92 Å². The maximum Gasteiger partial charge on any atom is 0.339 e. The summed E-state index contributed by atoms with van der Waals surface area (Å²) in [6.45, 7) is 2.31. The summed E-state index contributed by atoms with van der Waals surface area (Å²) in [7, 11) is 1.56. The van der Waals surface area contributed by atoms with Crippen LogP contribution in [0.1, 0.15) is 26.4 Å². The third-order valence-electron chi connectivity index (χ3n) is 4.60. The van der Waals surface area contributed by atoms with E-state index >= 15 is 0 Å². The summed E-state index contributed by atoms with van der Waals surface area (Å²) in [5.41, 5.74) is 2.44. The molecule has 1 heterocycles. The average Bonchev–Trinajstić information content (AvgIpc) is 3.12. The largest absolute Gasteiger partial charge is 0.454 e. The van der Waals surface area contributed by atoms with Crippen molar-refractivity contribution in [2.75, 3.05) is 32.6 Å². The topological polar surface area (TPSA) is 97.5 Å². The van der Waals surface area contributed by atoms with Crippen LogP contribution in [0.3, 0.4) is 0 Å². The minimum atomic E-state index is -0.603. The zero-order valence-electron chi connectivity index (χ0n) is 17.4. The first-order chi connectivity index (χ1) is 15.0. The van der Waals surface area contributed by atoms with E-state index in [9.17, 15) is 14.4 Å². The third-order valence-corrected chi connectivity index (χ3v) is 5.67. The second-order valence-corrected chi connectivity index (χ2v) is 7.81. The molecule has 0 saturated heterocycles. The van der Waals surface area contributed by atoms with Crippen molar-refractivity contribution in [3.8, 4) is 0 Å². The molecule has 0 aliphatic heterocycles. The normalized spacial score (nSPS) is 10.8. The van der Waals surface area contributed by atoms with Gasteiger partial charge in [0, 0.05) is 40.7 Å². The van der Waals surface area contributed by atoms with Crippen LogP contribution >= 0.6 is 11.8 Å². The fourth-order valence-electron chi connectivity index (χ4n) is 3.16. The molecular weight excluding hydrogens is 416 g/mol. The Morgan fingerprint density at radius 1 is 1.06 bits per heavy atom. The number of hydrogen-bond donors (Lipinski definition) is 2. The Hall–Kier alpha value is -3.10. The molecule has 0 bridgehead atoms. The number of thioether (sulfide) groups is 1. The zero-order chi connectivity index (χ0) is 22.2. The fraction of sp³-hybridized carbons (Fsp3) is 0.261. The Morgan fingerprint density at radius 3 is 2.61 bits per heavy atom. The summed E-state index contributed by atoms with van der Waals surface area (Å²) in [6.07, 6.45) is 0. The van der Waals surface area contributed by atoms with Crippen molar-refractivity contribution in [2.45, 2.75) is 11.8 Å². The van der Waals surface area contributed by atoms with Gasteiger partial charge in [0.05, 0.1) is 17.9 Å². The summed E-state index contributed by atoms with van der Waals surface area (Å²) >= 11 is 1.23. The van der Waals surface area contributed by atoms with E-state index in [1.165, 1.54) is 11.8 Å². The number of rotatable bonds is 10. The molecule has 1 aromatic heterocycles. The molecule has 3 aromatic rings. The first-order valence-corrected chi connectivity index (χ1v) is 10.7. The maximum atomic E-state index is 12.7. The molecule has 0 saturated carbocycles. The smallest absolute Gasteiger partial charge is 0.339 e. The number of benzene rings is 2. The van der Waals surface area contributed by atoms with Gasteiger partial charge in [-0.3, -0.25) is 9.59 Å². The van der Waals surface area contributed by atoms with Crippen molar-refractivity contribution < 1.29 is 23.9 Å². The number of fused-ring (bicyclic) bond motifs is 1. The molecule has 0 spiro atoms. The van der Waals surface area contributed by atoms with Crippen molar-refractivity contribution in [3.63, 3.8) is 0 Å². The molecule has 3 rings (SSSR count). The number of para-hydroxylation sites is 1. The Morgan fingerprint density at radius 2 is 1.81 bits per heavy atom. The fourth-order valence-corrected chi connectivity index (χ4v) is 4.04. The van der Waals surface area contributed by atoms with Crippen LogP contribution < -0.4 is 5.32 Å². The predicted molar refractivity (Wildman–Crippen MR) is 120 cm³/mol. The van der Waals surface area contributed by atoms with Gasteiger partial charge in [0.2, 0.25) is 11.7 Å². The van der Waals surface area contributed by atoms with Gasteiger partial charge in [-0.1, -0.05) is 30.3 Å². The molecule has 2 aromatic carbocycles. The number of ether oxygens (including phenoxy) is 2. The number of aryl methyl sites for hydroxylation is 1. The lowest BCUT2D eigenvalue weighted by Gasteiger charge is -2.09. The number of amides is 1. The second-order valence-electron chi connectivity index (χ2n) is 6.80. The monoisotopic (exact) mass is 440 g/mol. The summed E-state index contributed by atoms with van der Waals surface area (Å²) in [6, 6.07) is 14.4. The van der Waals surface area contributed by atoms with Crippen molar-refractivity contribution >= 4 is 40.3 Å². The van der Waals surface area contributed by atoms with Gasteiger partial charge in [-0.05, 0) is 25.1 Å².